The van der Waals surface area contributed by atoms with Crippen molar-refractivity contribution in [3.63, 3.8) is 0 Å². The van der Waals surface area contributed by atoms with Gasteiger partial charge in [-0.1, -0.05) is 0 Å². The molecule has 1 aromatic carbocycles. The molecule has 1 aromatic heterocycles. The Kier molecular flexibility index (Phi) is 4.09. The number of rotatable bonds is 3. The number of aromatic nitrogens is 3. The van der Waals surface area contributed by atoms with Gasteiger partial charge in [0.2, 0.25) is 0 Å². The van der Waals surface area contributed by atoms with Crippen molar-refractivity contribution in [2.45, 2.75) is 18.9 Å². The Morgan fingerprint density at radius 1 is 1.09 bits per heavy atom. The van der Waals surface area contributed by atoms with Gasteiger partial charge in [0, 0.05) is 38.4 Å². The number of anilines is 1. The molecule has 0 unspecified atom stereocenters. The Hall–Kier alpha value is -2.37. The predicted octanol–water partition coefficient (Wildman–Crippen LogP) is 1.82. The number of nitrogens with zero attached hydrogens (tertiary/aromatic N) is 5. The Bertz CT molecular complexity index is 612. The number of hydrogen-bond donors (Lipinski definition) is 0. The van der Waals surface area contributed by atoms with Gasteiger partial charge in [0.05, 0.1) is 18.4 Å². The van der Waals surface area contributed by atoms with Crippen LogP contribution in [0.5, 0.6) is 0 Å². The molecule has 0 bridgehead atoms. The Labute approximate surface area is 130 Å². The standard InChI is InChI=1S/C16H21N5O/c1-19(2)14-5-3-13(4-6-14)16(22)20-11-7-15(8-12-20)21-17-9-10-18-21/h3-6,9-10,15H,7-8,11-12H2,1-2H3. The minimum Gasteiger partial charge on any atom is -0.378 e. The molecule has 116 valence electrons. The lowest BCUT2D eigenvalue weighted by Gasteiger charge is -2.31. The average Bonchev–Trinajstić information content (AvgIpc) is 3.09. The highest BCUT2D eigenvalue weighted by molar-refractivity contribution is 5.94. The molecule has 3 rings (SSSR count). The third kappa shape index (κ3) is 2.95. The van der Waals surface area contributed by atoms with Crippen molar-refractivity contribution in [1.82, 2.24) is 19.9 Å². The number of hydrogen-bond acceptors (Lipinski definition) is 4. The van der Waals surface area contributed by atoms with Gasteiger partial charge in [0.15, 0.2) is 0 Å². The Morgan fingerprint density at radius 2 is 1.68 bits per heavy atom. The lowest BCUT2D eigenvalue weighted by molar-refractivity contribution is 0.0684. The maximum Gasteiger partial charge on any atom is 0.253 e. The monoisotopic (exact) mass is 299 g/mol. The second kappa shape index (κ2) is 6.17. The van der Waals surface area contributed by atoms with Gasteiger partial charge >= 0.3 is 0 Å². The summed E-state index contributed by atoms with van der Waals surface area (Å²) in [6.07, 6.45) is 5.19. The summed E-state index contributed by atoms with van der Waals surface area (Å²) in [5.41, 5.74) is 1.85. The fourth-order valence-electron chi connectivity index (χ4n) is 2.80. The largest absolute Gasteiger partial charge is 0.378 e. The van der Waals surface area contributed by atoms with Crippen molar-refractivity contribution < 1.29 is 4.79 Å². The third-order valence-electron chi connectivity index (χ3n) is 4.15. The Morgan fingerprint density at radius 3 is 2.23 bits per heavy atom. The Balaban J connectivity index is 1.62. The summed E-state index contributed by atoms with van der Waals surface area (Å²) in [4.78, 5) is 18.3. The minimum atomic E-state index is 0.109. The van der Waals surface area contributed by atoms with E-state index in [-0.39, 0.29) is 5.91 Å². The van der Waals surface area contributed by atoms with E-state index < -0.39 is 0 Å². The van der Waals surface area contributed by atoms with Crippen LogP contribution in [0.3, 0.4) is 0 Å². The maximum absolute atomic E-state index is 12.5. The summed E-state index contributed by atoms with van der Waals surface area (Å²) >= 11 is 0. The van der Waals surface area contributed by atoms with E-state index in [1.165, 1.54) is 0 Å². The van der Waals surface area contributed by atoms with Crippen molar-refractivity contribution in [2.75, 3.05) is 32.1 Å². The smallest absolute Gasteiger partial charge is 0.253 e. The van der Waals surface area contributed by atoms with Gasteiger partial charge in [-0.3, -0.25) is 4.79 Å². The van der Waals surface area contributed by atoms with Gasteiger partial charge in [-0.2, -0.15) is 15.0 Å². The van der Waals surface area contributed by atoms with Crippen molar-refractivity contribution in [2.24, 2.45) is 0 Å². The highest BCUT2D eigenvalue weighted by Gasteiger charge is 2.25. The number of carbonyl (C=O) groups is 1. The normalized spacial score (nSPS) is 15.8. The van der Waals surface area contributed by atoms with Crippen molar-refractivity contribution in [3.8, 4) is 0 Å². The molecule has 1 aliphatic rings. The summed E-state index contributed by atoms with van der Waals surface area (Å²) in [7, 11) is 3.98. The van der Waals surface area contributed by atoms with Gasteiger partial charge in [0.1, 0.15) is 0 Å². The first-order chi connectivity index (χ1) is 10.6. The molecular weight excluding hydrogens is 278 g/mol. The molecular formula is C16H21N5O. The molecule has 0 spiro atoms. The molecule has 0 N–H and O–H groups in total. The fourth-order valence-corrected chi connectivity index (χ4v) is 2.80. The number of piperidine rings is 1. The quantitative estimate of drug-likeness (QED) is 0.867. The summed E-state index contributed by atoms with van der Waals surface area (Å²) in [5, 5.41) is 8.38. The molecule has 1 saturated heterocycles. The van der Waals surface area contributed by atoms with E-state index in [9.17, 15) is 4.79 Å². The molecule has 1 amide bonds. The van der Waals surface area contributed by atoms with E-state index in [0.29, 0.717) is 6.04 Å². The van der Waals surface area contributed by atoms with Gasteiger partial charge in [-0.15, -0.1) is 0 Å². The van der Waals surface area contributed by atoms with E-state index in [2.05, 4.69) is 10.2 Å². The summed E-state index contributed by atoms with van der Waals surface area (Å²) in [5.74, 6) is 0.109. The molecule has 0 radical (unpaired) electrons. The maximum atomic E-state index is 12.5. The van der Waals surface area contributed by atoms with Crippen LogP contribution in [0.15, 0.2) is 36.7 Å². The summed E-state index contributed by atoms with van der Waals surface area (Å²) in [6.45, 7) is 1.50. The first-order valence-corrected chi connectivity index (χ1v) is 7.57. The second-order valence-electron chi connectivity index (χ2n) is 5.81. The lowest BCUT2D eigenvalue weighted by atomic mass is 10.0. The van der Waals surface area contributed by atoms with E-state index in [0.717, 1.165) is 37.2 Å². The van der Waals surface area contributed by atoms with Crippen LogP contribution in [0.4, 0.5) is 5.69 Å². The topological polar surface area (TPSA) is 54.3 Å². The third-order valence-corrected chi connectivity index (χ3v) is 4.15. The van der Waals surface area contributed by atoms with Crippen LogP contribution in [0.2, 0.25) is 0 Å². The van der Waals surface area contributed by atoms with Gasteiger partial charge in [-0.05, 0) is 37.1 Å². The summed E-state index contributed by atoms with van der Waals surface area (Å²) < 4.78 is 0. The number of amides is 1. The number of likely N-dealkylation sites (tertiary alicyclic amines) is 1. The molecule has 1 fully saturated rings. The minimum absolute atomic E-state index is 0.109. The molecule has 0 aliphatic carbocycles. The van der Waals surface area contributed by atoms with Crippen LogP contribution in [-0.2, 0) is 0 Å². The van der Waals surface area contributed by atoms with Crippen molar-refractivity contribution in [3.05, 3.63) is 42.2 Å². The molecule has 6 heteroatoms. The zero-order valence-electron chi connectivity index (χ0n) is 13.0. The molecule has 0 saturated carbocycles. The predicted molar refractivity (Wildman–Crippen MR) is 85.0 cm³/mol. The first-order valence-electron chi connectivity index (χ1n) is 7.57. The van der Waals surface area contributed by atoms with E-state index in [1.807, 2.05) is 48.2 Å². The number of carbonyl (C=O) groups excluding carboxylic acids is 1. The fraction of sp³-hybridized carbons (Fsp3) is 0.438. The second-order valence-corrected chi connectivity index (χ2v) is 5.81. The van der Waals surface area contributed by atoms with Gasteiger partial charge in [0.25, 0.3) is 5.91 Å². The van der Waals surface area contributed by atoms with Gasteiger partial charge in [-0.25, -0.2) is 0 Å². The highest BCUT2D eigenvalue weighted by Crippen LogP contribution is 2.22. The van der Waals surface area contributed by atoms with Crippen LogP contribution < -0.4 is 4.90 Å². The van der Waals surface area contributed by atoms with E-state index >= 15 is 0 Å². The molecule has 0 atom stereocenters. The average molecular weight is 299 g/mol. The molecule has 6 nitrogen and oxygen atoms in total. The lowest BCUT2D eigenvalue weighted by Crippen LogP contribution is -2.39. The van der Waals surface area contributed by atoms with Crippen molar-refractivity contribution in [1.29, 1.82) is 0 Å². The zero-order valence-corrected chi connectivity index (χ0v) is 13.0. The number of benzene rings is 1. The zero-order chi connectivity index (χ0) is 15.5. The van der Waals surface area contributed by atoms with Crippen LogP contribution in [0, 0.1) is 0 Å². The summed E-state index contributed by atoms with van der Waals surface area (Å²) in [6, 6.07) is 8.06. The molecule has 2 aromatic rings. The van der Waals surface area contributed by atoms with E-state index in [1.54, 1.807) is 17.2 Å². The van der Waals surface area contributed by atoms with Gasteiger partial charge < -0.3 is 9.80 Å². The molecule has 22 heavy (non-hydrogen) atoms. The first kappa shape index (κ1) is 14.6. The van der Waals surface area contributed by atoms with Crippen LogP contribution in [0.1, 0.15) is 29.2 Å². The molecule has 1 aliphatic heterocycles. The van der Waals surface area contributed by atoms with Crippen molar-refractivity contribution >= 4 is 11.6 Å². The highest BCUT2D eigenvalue weighted by atomic mass is 16.2. The van der Waals surface area contributed by atoms with Crippen LogP contribution in [-0.4, -0.2) is 53.0 Å². The molecule has 2 heterocycles. The van der Waals surface area contributed by atoms with Crippen LogP contribution in [0.25, 0.3) is 0 Å². The van der Waals surface area contributed by atoms with Crippen LogP contribution >= 0.6 is 0 Å². The van der Waals surface area contributed by atoms with E-state index in [4.69, 9.17) is 0 Å². The SMILES string of the molecule is CN(C)c1ccc(C(=O)N2CCC(n3nccn3)CC2)cc1.